The number of rotatable bonds is 9. The summed E-state index contributed by atoms with van der Waals surface area (Å²) in [6.45, 7) is -1.85. The molecule has 2 N–H and O–H groups in total. The van der Waals surface area contributed by atoms with Crippen LogP contribution in [0.5, 0.6) is 0 Å². The van der Waals surface area contributed by atoms with Crippen molar-refractivity contribution in [3.8, 4) is 0 Å². The number of nitro groups is 1. The largest absolute Gasteiger partial charge is 0.455 e. The number of ether oxygens (including phenoxy) is 1. The Balaban J connectivity index is 1.90. The van der Waals surface area contributed by atoms with Crippen LogP contribution in [0.2, 0.25) is 0 Å². The fraction of sp³-hybridized carbons (Fsp3) is 0.158. The normalized spacial score (nSPS) is 11.8. The average molecular weight is 487 g/mol. The van der Waals surface area contributed by atoms with Crippen LogP contribution in [0.3, 0.4) is 0 Å². The molecule has 0 aliphatic carbocycles. The first-order chi connectivity index (χ1) is 15.4. The molecule has 0 atom stereocenters. The van der Waals surface area contributed by atoms with Gasteiger partial charge in [-0.15, -0.1) is 0 Å². The van der Waals surface area contributed by atoms with E-state index in [1.54, 1.807) is 30.3 Å². The predicted molar refractivity (Wildman–Crippen MR) is 110 cm³/mol. The zero-order valence-electron chi connectivity index (χ0n) is 16.5. The second-order valence-electron chi connectivity index (χ2n) is 6.27. The van der Waals surface area contributed by atoms with Gasteiger partial charge in [0, 0.05) is 17.5 Å². The van der Waals surface area contributed by atoms with Crippen molar-refractivity contribution >= 4 is 39.4 Å². The second-order valence-corrected chi connectivity index (χ2v) is 7.92. The van der Waals surface area contributed by atoms with Crippen molar-refractivity contribution in [1.29, 1.82) is 0 Å². The molecule has 0 saturated heterocycles. The van der Waals surface area contributed by atoms with Crippen LogP contribution in [0.25, 0.3) is 6.08 Å². The summed E-state index contributed by atoms with van der Waals surface area (Å²) in [5, 5.41) is 13.3. The molecule has 0 bridgehead atoms. The van der Waals surface area contributed by atoms with Gasteiger partial charge in [0.25, 0.3) is 11.6 Å². The van der Waals surface area contributed by atoms with Gasteiger partial charge >= 0.3 is 12.1 Å². The van der Waals surface area contributed by atoms with Crippen molar-refractivity contribution in [2.45, 2.75) is 6.18 Å². The molecule has 0 saturated carbocycles. The van der Waals surface area contributed by atoms with E-state index in [1.165, 1.54) is 6.08 Å². The number of nitrogens with one attached hydrogen (secondary N) is 2. The number of amides is 1. The van der Waals surface area contributed by atoms with Crippen LogP contribution in [0.4, 0.5) is 24.5 Å². The van der Waals surface area contributed by atoms with Crippen molar-refractivity contribution in [2.75, 3.05) is 18.5 Å². The van der Waals surface area contributed by atoms with Crippen LogP contribution in [0.15, 0.2) is 53.9 Å². The van der Waals surface area contributed by atoms with E-state index < -0.39 is 63.1 Å². The lowest BCUT2D eigenvalue weighted by Gasteiger charge is -2.13. The molecule has 2 rings (SSSR count). The van der Waals surface area contributed by atoms with Gasteiger partial charge < -0.3 is 10.1 Å². The van der Waals surface area contributed by atoms with Crippen molar-refractivity contribution in [1.82, 2.24) is 4.72 Å². The highest BCUT2D eigenvalue weighted by molar-refractivity contribution is 7.92. The first-order valence-electron chi connectivity index (χ1n) is 8.91. The quantitative estimate of drug-likeness (QED) is 0.314. The zero-order valence-corrected chi connectivity index (χ0v) is 17.4. The number of sulfonamides is 1. The van der Waals surface area contributed by atoms with Gasteiger partial charge in [0.15, 0.2) is 6.61 Å². The maximum atomic E-state index is 13.1. The number of benzene rings is 2. The second kappa shape index (κ2) is 10.7. The number of hydrogen-bond acceptors (Lipinski definition) is 7. The lowest BCUT2D eigenvalue weighted by molar-refractivity contribution is -0.385. The summed E-state index contributed by atoms with van der Waals surface area (Å²) in [5.41, 5.74) is -2.48. The van der Waals surface area contributed by atoms with E-state index in [4.69, 9.17) is 0 Å². The Bertz CT molecular complexity index is 1170. The summed E-state index contributed by atoms with van der Waals surface area (Å²) in [5.74, 6) is -2.34. The molecule has 1 amide bonds. The molecule has 33 heavy (non-hydrogen) atoms. The minimum absolute atomic E-state index is 0.249. The van der Waals surface area contributed by atoms with E-state index in [2.05, 4.69) is 4.74 Å². The van der Waals surface area contributed by atoms with Crippen LogP contribution < -0.4 is 10.0 Å². The molecular weight excluding hydrogens is 471 g/mol. The molecule has 0 radical (unpaired) electrons. The number of nitrogens with zero attached hydrogens (tertiary/aromatic N) is 1. The van der Waals surface area contributed by atoms with Gasteiger partial charge in [0.1, 0.15) is 6.54 Å². The molecule has 0 aromatic heterocycles. The molecule has 0 fully saturated rings. The van der Waals surface area contributed by atoms with Crippen LogP contribution in [-0.4, -0.2) is 38.4 Å². The topological polar surface area (TPSA) is 145 Å². The van der Waals surface area contributed by atoms with Crippen molar-refractivity contribution < 1.29 is 40.8 Å². The Labute approximate surface area is 185 Å². The first-order valence-corrected chi connectivity index (χ1v) is 10.5. The number of carbonyl (C=O) groups is 2. The average Bonchev–Trinajstić information content (AvgIpc) is 2.75. The van der Waals surface area contributed by atoms with E-state index in [1.807, 2.05) is 10.0 Å². The van der Waals surface area contributed by atoms with Crippen LogP contribution in [0.1, 0.15) is 11.1 Å². The molecule has 0 aliphatic heterocycles. The van der Waals surface area contributed by atoms with Gasteiger partial charge in [-0.2, -0.15) is 13.2 Å². The number of anilines is 1. The molecular formula is C19H16F3N3O7S. The Morgan fingerprint density at radius 2 is 1.79 bits per heavy atom. The van der Waals surface area contributed by atoms with Crippen LogP contribution >= 0.6 is 0 Å². The Morgan fingerprint density at radius 3 is 2.39 bits per heavy atom. The van der Waals surface area contributed by atoms with Crippen molar-refractivity contribution in [3.63, 3.8) is 0 Å². The third-order valence-corrected chi connectivity index (χ3v) is 4.86. The summed E-state index contributed by atoms with van der Waals surface area (Å²) < 4.78 is 69.5. The van der Waals surface area contributed by atoms with Crippen molar-refractivity contribution in [3.05, 3.63) is 75.2 Å². The standard InChI is InChI=1S/C19H16F3N3O7S/c20-19(21,22)15-10-14(25(28)29)6-7-16(15)24-17(26)12-32-18(27)11-23-33(30,31)9-8-13-4-2-1-3-5-13/h1-10,23H,11-12H2,(H,24,26)/b9-8+. The molecule has 0 unspecified atom stereocenters. The monoisotopic (exact) mass is 487 g/mol. The molecule has 10 nitrogen and oxygen atoms in total. The number of carbonyl (C=O) groups excluding carboxylic acids is 2. The zero-order chi connectivity index (χ0) is 24.6. The molecule has 0 aliphatic rings. The number of non-ortho nitro benzene ring substituents is 1. The number of alkyl halides is 3. The highest BCUT2D eigenvalue weighted by Crippen LogP contribution is 2.37. The third-order valence-electron chi connectivity index (χ3n) is 3.81. The summed E-state index contributed by atoms with van der Waals surface area (Å²) >= 11 is 0. The van der Waals surface area contributed by atoms with E-state index >= 15 is 0 Å². The highest BCUT2D eigenvalue weighted by Gasteiger charge is 2.35. The molecule has 2 aromatic rings. The van der Waals surface area contributed by atoms with Gasteiger partial charge in [0.2, 0.25) is 10.0 Å². The summed E-state index contributed by atoms with van der Waals surface area (Å²) in [7, 11) is -4.01. The predicted octanol–water partition coefficient (Wildman–Crippen LogP) is 2.69. The smallest absolute Gasteiger partial charge is 0.418 e. The highest BCUT2D eigenvalue weighted by atomic mass is 32.2. The van der Waals surface area contributed by atoms with E-state index in [9.17, 15) is 41.3 Å². The third kappa shape index (κ3) is 8.34. The fourth-order valence-corrected chi connectivity index (χ4v) is 3.06. The van der Waals surface area contributed by atoms with Crippen molar-refractivity contribution in [2.24, 2.45) is 0 Å². The molecule has 0 heterocycles. The first kappa shape index (κ1) is 25.5. The molecule has 0 spiro atoms. The minimum atomic E-state index is -5.00. The molecule has 176 valence electrons. The van der Waals surface area contributed by atoms with Crippen LogP contribution in [0, 0.1) is 10.1 Å². The Hall–Kier alpha value is -3.78. The fourth-order valence-electron chi connectivity index (χ4n) is 2.31. The number of esters is 1. The van der Waals surface area contributed by atoms with Gasteiger partial charge in [0.05, 0.1) is 16.2 Å². The minimum Gasteiger partial charge on any atom is -0.455 e. The van der Waals surface area contributed by atoms with Gasteiger partial charge in [-0.3, -0.25) is 19.7 Å². The maximum Gasteiger partial charge on any atom is 0.418 e. The Morgan fingerprint density at radius 1 is 1.12 bits per heavy atom. The Kier molecular flexibility index (Phi) is 8.26. The van der Waals surface area contributed by atoms with Gasteiger partial charge in [-0.05, 0) is 17.7 Å². The van der Waals surface area contributed by atoms with E-state index in [0.29, 0.717) is 11.6 Å². The van der Waals surface area contributed by atoms with E-state index in [0.717, 1.165) is 11.5 Å². The molecule has 2 aromatic carbocycles. The number of nitro benzene ring substituents is 1. The SMILES string of the molecule is O=C(COC(=O)CNS(=O)(=O)/C=C/c1ccccc1)Nc1ccc([N+](=O)[O-])cc1C(F)(F)F. The van der Waals surface area contributed by atoms with Gasteiger partial charge in [-0.1, -0.05) is 30.3 Å². The number of halogens is 3. The number of hydrogen-bond donors (Lipinski definition) is 2. The van der Waals surface area contributed by atoms with Crippen LogP contribution in [-0.2, 0) is 30.5 Å². The van der Waals surface area contributed by atoms with Gasteiger partial charge in [-0.25, -0.2) is 13.1 Å². The molecule has 14 heteroatoms. The van der Waals surface area contributed by atoms with E-state index in [-0.39, 0.29) is 6.07 Å². The summed E-state index contributed by atoms with van der Waals surface area (Å²) in [6.07, 6.45) is -3.72. The lowest BCUT2D eigenvalue weighted by Crippen LogP contribution is -2.31. The summed E-state index contributed by atoms with van der Waals surface area (Å²) in [6, 6.07) is 10.1. The lowest BCUT2D eigenvalue weighted by atomic mass is 10.1. The maximum absolute atomic E-state index is 13.1. The summed E-state index contributed by atoms with van der Waals surface area (Å²) in [4.78, 5) is 33.1.